The molecule has 0 radical (unpaired) electrons. The van der Waals surface area contributed by atoms with Crippen molar-refractivity contribution in [2.24, 2.45) is 5.92 Å². The van der Waals surface area contributed by atoms with Gasteiger partial charge in [0.1, 0.15) is 6.33 Å². The van der Waals surface area contributed by atoms with Crippen molar-refractivity contribution in [3.63, 3.8) is 0 Å². The van der Waals surface area contributed by atoms with Crippen LogP contribution in [-0.2, 0) is 6.18 Å². The lowest BCUT2D eigenvalue weighted by molar-refractivity contribution is -0.137. The van der Waals surface area contributed by atoms with Gasteiger partial charge >= 0.3 is 6.18 Å². The lowest BCUT2D eigenvalue weighted by Crippen LogP contribution is -2.37. The molecule has 0 bridgehead atoms. The van der Waals surface area contributed by atoms with E-state index in [2.05, 4.69) is 20.1 Å². The molecule has 0 N–H and O–H groups in total. The summed E-state index contributed by atoms with van der Waals surface area (Å²) >= 11 is 0. The fourth-order valence-electron chi connectivity index (χ4n) is 4.11. The lowest BCUT2D eigenvalue weighted by Gasteiger charge is -2.29. The maximum Gasteiger partial charge on any atom is 0.416 e. The van der Waals surface area contributed by atoms with Crippen molar-refractivity contribution in [3.8, 4) is 5.95 Å². The van der Waals surface area contributed by atoms with Gasteiger partial charge in [0.25, 0.3) is 17.8 Å². The quantitative estimate of drug-likeness (QED) is 0.443. The van der Waals surface area contributed by atoms with Crippen LogP contribution >= 0.6 is 0 Å². The zero-order chi connectivity index (χ0) is 25.0. The van der Waals surface area contributed by atoms with Crippen LogP contribution < -0.4 is 0 Å². The van der Waals surface area contributed by atoms with E-state index in [0.29, 0.717) is 11.9 Å². The fourth-order valence-corrected chi connectivity index (χ4v) is 4.11. The summed E-state index contributed by atoms with van der Waals surface area (Å²) in [6.45, 7) is 1.97. The summed E-state index contributed by atoms with van der Waals surface area (Å²) in [6.07, 6.45) is 0.754. The Hall–Kier alpha value is -3.44. The summed E-state index contributed by atoms with van der Waals surface area (Å²) in [5, 5.41) is 4.14. The van der Waals surface area contributed by atoms with E-state index < -0.39 is 42.0 Å². The number of alkyl halides is 5. The van der Waals surface area contributed by atoms with Crippen LogP contribution in [0.1, 0.15) is 65.5 Å². The molecule has 2 atom stereocenters. The van der Waals surface area contributed by atoms with Gasteiger partial charge in [-0.1, -0.05) is 0 Å². The second-order valence-electron chi connectivity index (χ2n) is 9.01. The summed E-state index contributed by atoms with van der Waals surface area (Å²) < 4.78 is 69.5. The summed E-state index contributed by atoms with van der Waals surface area (Å²) in [5.41, 5.74) is -1.60. The minimum atomic E-state index is -4.78. The zero-order valence-corrected chi connectivity index (χ0v) is 18.6. The minimum Gasteiger partial charge on any atom is -0.328 e. The van der Waals surface area contributed by atoms with Crippen molar-refractivity contribution in [2.75, 3.05) is 6.54 Å². The first kappa shape index (κ1) is 23.3. The molecule has 3 aromatic rings. The molecule has 2 aromatic heterocycles. The largest absolute Gasteiger partial charge is 0.416 e. The number of carbonyl (C=O) groups is 1. The van der Waals surface area contributed by atoms with Gasteiger partial charge in [-0.15, -0.1) is 0 Å². The molecule has 7 nitrogen and oxygen atoms in total. The summed E-state index contributed by atoms with van der Waals surface area (Å²) in [6, 6.07) is 3.52. The highest BCUT2D eigenvalue weighted by Gasteiger charge is 2.58. The first-order chi connectivity index (χ1) is 16.5. The molecule has 184 valence electrons. The molecule has 0 saturated heterocycles. The van der Waals surface area contributed by atoms with Gasteiger partial charge in [-0.25, -0.2) is 23.7 Å². The summed E-state index contributed by atoms with van der Waals surface area (Å²) in [5.74, 6) is -4.34. The van der Waals surface area contributed by atoms with Crippen molar-refractivity contribution in [1.82, 2.24) is 29.6 Å². The van der Waals surface area contributed by atoms with Crippen LogP contribution in [0.3, 0.4) is 0 Å². The van der Waals surface area contributed by atoms with Crippen LogP contribution in [0.15, 0.2) is 43.0 Å². The van der Waals surface area contributed by atoms with E-state index in [1.165, 1.54) is 28.3 Å². The van der Waals surface area contributed by atoms with E-state index in [1.807, 2.05) is 0 Å². The van der Waals surface area contributed by atoms with E-state index in [0.717, 1.165) is 25.0 Å². The van der Waals surface area contributed by atoms with Crippen LogP contribution in [0.2, 0.25) is 0 Å². The predicted octanol–water partition coefficient (Wildman–Crippen LogP) is 4.81. The summed E-state index contributed by atoms with van der Waals surface area (Å²) in [4.78, 5) is 27.6. The van der Waals surface area contributed by atoms with Gasteiger partial charge in [0.05, 0.1) is 17.5 Å². The average Bonchev–Trinajstić information content (AvgIpc) is 3.70. The lowest BCUT2D eigenvalue weighted by atomic mass is 10.0. The SMILES string of the molecule is CC(c1ncnn1-c1ncccn1)N(CC1CC1)C(=O)c1cc(C2CC2(F)F)cc(C(F)(F)F)c1. The van der Waals surface area contributed by atoms with Crippen LogP contribution in [-0.4, -0.2) is 48.0 Å². The number of carbonyl (C=O) groups excluding carboxylic acids is 1. The number of hydrogen-bond donors (Lipinski definition) is 0. The van der Waals surface area contributed by atoms with Gasteiger partial charge in [0, 0.05) is 30.9 Å². The highest BCUT2D eigenvalue weighted by Crippen LogP contribution is 2.56. The number of benzene rings is 1. The maximum absolute atomic E-state index is 13.7. The van der Waals surface area contributed by atoms with E-state index in [-0.39, 0.29) is 29.5 Å². The molecule has 2 unspecified atom stereocenters. The molecule has 12 heteroatoms. The molecule has 0 aliphatic heterocycles. The minimum absolute atomic E-state index is 0.187. The highest BCUT2D eigenvalue weighted by atomic mass is 19.4. The molecule has 2 saturated carbocycles. The molecule has 5 rings (SSSR count). The van der Waals surface area contributed by atoms with Crippen molar-refractivity contribution in [2.45, 2.75) is 50.2 Å². The van der Waals surface area contributed by atoms with E-state index in [4.69, 9.17) is 0 Å². The number of halogens is 5. The van der Waals surface area contributed by atoms with Gasteiger partial charge < -0.3 is 4.90 Å². The van der Waals surface area contributed by atoms with Crippen LogP contribution in [0.5, 0.6) is 0 Å². The van der Waals surface area contributed by atoms with Gasteiger partial charge in [0.15, 0.2) is 5.82 Å². The Kier molecular flexibility index (Phi) is 5.56. The Balaban J connectivity index is 1.52. The maximum atomic E-state index is 13.7. The molecular weight excluding hydrogens is 471 g/mol. The number of nitrogens with zero attached hydrogens (tertiary/aromatic N) is 6. The second-order valence-corrected chi connectivity index (χ2v) is 9.01. The Labute approximate surface area is 197 Å². The van der Waals surface area contributed by atoms with Crippen LogP contribution in [0.25, 0.3) is 5.95 Å². The first-order valence-corrected chi connectivity index (χ1v) is 11.1. The fraction of sp³-hybridized carbons (Fsp3) is 0.435. The topological polar surface area (TPSA) is 76.8 Å². The summed E-state index contributed by atoms with van der Waals surface area (Å²) in [7, 11) is 0. The predicted molar refractivity (Wildman–Crippen MR) is 113 cm³/mol. The standard InChI is InChI=1S/C23H21F5N6O/c1-13(19-31-12-32-34(19)21-29-5-2-6-30-21)33(11-14-3-4-14)20(35)16-7-15(18-10-22(18,24)25)8-17(9-16)23(26,27)28/h2,5-9,12-14,18H,3-4,10-11H2,1H3. The molecule has 2 aliphatic carbocycles. The van der Waals surface area contributed by atoms with Crippen molar-refractivity contribution in [1.29, 1.82) is 0 Å². The molecular formula is C23H21F5N6O. The smallest absolute Gasteiger partial charge is 0.328 e. The third-order valence-electron chi connectivity index (χ3n) is 6.33. The molecule has 0 spiro atoms. The zero-order valence-electron chi connectivity index (χ0n) is 18.6. The highest BCUT2D eigenvalue weighted by molar-refractivity contribution is 5.95. The number of hydrogen-bond acceptors (Lipinski definition) is 5. The van der Waals surface area contributed by atoms with E-state index >= 15 is 0 Å². The Morgan fingerprint density at radius 1 is 1.17 bits per heavy atom. The van der Waals surface area contributed by atoms with Gasteiger partial charge in [-0.3, -0.25) is 4.79 Å². The van der Waals surface area contributed by atoms with Crippen LogP contribution in [0, 0.1) is 5.92 Å². The molecule has 2 aliphatic rings. The van der Waals surface area contributed by atoms with Gasteiger partial charge in [-0.05, 0) is 55.5 Å². The van der Waals surface area contributed by atoms with Crippen molar-refractivity contribution >= 4 is 5.91 Å². The first-order valence-electron chi connectivity index (χ1n) is 11.1. The average molecular weight is 492 g/mol. The van der Waals surface area contributed by atoms with Crippen LogP contribution in [0.4, 0.5) is 22.0 Å². The number of rotatable bonds is 7. The van der Waals surface area contributed by atoms with Gasteiger partial charge in [0.2, 0.25) is 0 Å². The Morgan fingerprint density at radius 3 is 2.46 bits per heavy atom. The molecule has 2 fully saturated rings. The molecule has 1 amide bonds. The Bertz CT molecular complexity index is 1240. The number of aromatic nitrogens is 5. The Morgan fingerprint density at radius 2 is 1.86 bits per heavy atom. The number of amides is 1. The van der Waals surface area contributed by atoms with Crippen molar-refractivity contribution in [3.05, 3.63) is 65.5 Å². The van der Waals surface area contributed by atoms with Gasteiger partial charge in [-0.2, -0.15) is 23.0 Å². The third-order valence-corrected chi connectivity index (χ3v) is 6.33. The van der Waals surface area contributed by atoms with Crippen molar-refractivity contribution < 1.29 is 26.7 Å². The second kappa shape index (κ2) is 8.35. The molecule has 35 heavy (non-hydrogen) atoms. The monoisotopic (exact) mass is 492 g/mol. The normalized spacial score (nSPS) is 19.9. The molecule has 2 heterocycles. The molecule has 1 aromatic carbocycles. The van der Waals surface area contributed by atoms with E-state index in [9.17, 15) is 26.7 Å². The third kappa shape index (κ3) is 4.73. The van der Waals surface area contributed by atoms with E-state index in [1.54, 1.807) is 13.0 Å².